The highest BCUT2D eigenvalue weighted by Crippen LogP contribution is 2.20. The van der Waals surface area contributed by atoms with Crippen LogP contribution in [0.4, 0.5) is 0 Å². The predicted molar refractivity (Wildman–Crippen MR) is 103 cm³/mol. The lowest BCUT2D eigenvalue weighted by atomic mass is 10.0. The number of nitrogens with zero attached hydrogens (tertiary/aromatic N) is 1. The molecule has 136 valence electrons. The fraction of sp³-hybridized carbons (Fsp3) is 0.333. The van der Waals surface area contributed by atoms with Gasteiger partial charge >= 0.3 is 0 Å². The minimum Gasteiger partial charge on any atom is -0.353 e. The minimum atomic E-state index is -0.0375. The molecule has 0 bridgehead atoms. The number of carbonyl (C=O) groups is 2. The van der Waals surface area contributed by atoms with Crippen molar-refractivity contribution in [2.75, 3.05) is 13.1 Å². The standard InChI is InChI=1S/C21H23ClN2O2/c22-19-9-5-4-8-18(19)21(26)24-14-12-17(13-15-24)23-20(25)11-10-16-6-2-1-3-7-16/h1-9,17H,10-15H2,(H,23,25). The van der Waals surface area contributed by atoms with Crippen molar-refractivity contribution in [1.82, 2.24) is 10.2 Å². The van der Waals surface area contributed by atoms with Crippen molar-refractivity contribution in [3.63, 3.8) is 0 Å². The van der Waals surface area contributed by atoms with Crippen molar-refractivity contribution >= 4 is 23.4 Å². The zero-order valence-electron chi connectivity index (χ0n) is 14.7. The van der Waals surface area contributed by atoms with Gasteiger partial charge in [-0.05, 0) is 37.0 Å². The van der Waals surface area contributed by atoms with E-state index in [2.05, 4.69) is 5.32 Å². The summed E-state index contributed by atoms with van der Waals surface area (Å²) >= 11 is 6.12. The lowest BCUT2D eigenvalue weighted by molar-refractivity contribution is -0.122. The second-order valence-electron chi connectivity index (χ2n) is 6.60. The highest BCUT2D eigenvalue weighted by atomic mass is 35.5. The predicted octanol–water partition coefficient (Wildman–Crippen LogP) is 3.69. The third kappa shape index (κ3) is 4.85. The Morgan fingerprint density at radius 3 is 2.35 bits per heavy atom. The lowest BCUT2D eigenvalue weighted by Gasteiger charge is -2.32. The maximum absolute atomic E-state index is 12.6. The van der Waals surface area contributed by atoms with Crippen LogP contribution in [0.3, 0.4) is 0 Å². The molecule has 2 amide bonds. The van der Waals surface area contributed by atoms with Crippen LogP contribution in [0.2, 0.25) is 5.02 Å². The van der Waals surface area contributed by atoms with Crippen molar-refractivity contribution in [2.24, 2.45) is 0 Å². The maximum atomic E-state index is 12.6. The molecule has 1 heterocycles. The number of aryl methyl sites for hydroxylation is 1. The van der Waals surface area contributed by atoms with Crippen LogP contribution in [-0.2, 0) is 11.2 Å². The zero-order valence-corrected chi connectivity index (χ0v) is 15.4. The van der Waals surface area contributed by atoms with E-state index in [-0.39, 0.29) is 17.9 Å². The van der Waals surface area contributed by atoms with Crippen LogP contribution in [0.1, 0.15) is 35.2 Å². The van der Waals surface area contributed by atoms with Crippen LogP contribution in [0.5, 0.6) is 0 Å². The van der Waals surface area contributed by atoms with E-state index in [9.17, 15) is 9.59 Å². The van der Waals surface area contributed by atoms with E-state index in [1.165, 1.54) is 5.56 Å². The first kappa shape index (κ1) is 18.5. The van der Waals surface area contributed by atoms with Crippen molar-refractivity contribution in [3.8, 4) is 0 Å². The lowest BCUT2D eigenvalue weighted by Crippen LogP contribution is -2.46. The van der Waals surface area contributed by atoms with E-state index in [4.69, 9.17) is 11.6 Å². The summed E-state index contributed by atoms with van der Waals surface area (Å²) in [5.41, 5.74) is 1.71. The van der Waals surface area contributed by atoms with Gasteiger partial charge in [0.15, 0.2) is 0 Å². The van der Waals surface area contributed by atoms with Gasteiger partial charge in [0.25, 0.3) is 5.91 Å². The third-order valence-corrected chi connectivity index (χ3v) is 5.06. The molecule has 0 spiro atoms. The number of hydrogen-bond acceptors (Lipinski definition) is 2. The van der Waals surface area contributed by atoms with Crippen LogP contribution in [0, 0.1) is 0 Å². The summed E-state index contributed by atoms with van der Waals surface area (Å²) in [5, 5.41) is 3.58. The van der Waals surface area contributed by atoms with Crippen molar-refractivity contribution in [1.29, 1.82) is 0 Å². The Hall–Kier alpha value is -2.33. The molecule has 0 aromatic heterocycles. The Kier molecular flexibility index (Phi) is 6.29. The average molecular weight is 371 g/mol. The van der Waals surface area contributed by atoms with Crippen LogP contribution >= 0.6 is 11.6 Å². The molecule has 0 atom stereocenters. The molecule has 4 nitrogen and oxygen atoms in total. The molecule has 0 radical (unpaired) electrons. The van der Waals surface area contributed by atoms with E-state index in [1.807, 2.05) is 47.4 Å². The largest absolute Gasteiger partial charge is 0.353 e. The van der Waals surface area contributed by atoms with Gasteiger partial charge in [-0.3, -0.25) is 9.59 Å². The van der Waals surface area contributed by atoms with E-state index in [0.29, 0.717) is 30.1 Å². The number of rotatable bonds is 5. The number of hydrogen-bond donors (Lipinski definition) is 1. The molecule has 3 rings (SSSR count). The molecule has 1 aliphatic rings. The first-order chi connectivity index (χ1) is 12.6. The number of halogens is 1. The van der Waals surface area contributed by atoms with Gasteiger partial charge in [-0.1, -0.05) is 54.1 Å². The maximum Gasteiger partial charge on any atom is 0.255 e. The second-order valence-corrected chi connectivity index (χ2v) is 7.01. The highest BCUT2D eigenvalue weighted by molar-refractivity contribution is 6.33. The normalized spacial score (nSPS) is 14.9. The van der Waals surface area contributed by atoms with Crippen molar-refractivity contribution in [2.45, 2.75) is 31.7 Å². The fourth-order valence-corrected chi connectivity index (χ4v) is 3.45. The summed E-state index contributed by atoms with van der Waals surface area (Å²) < 4.78 is 0. The Balaban J connectivity index is 1.44. The summed E-state index contributed by atoms with van der Waals surface area (Å²) in [6.45, 7) is 1.27. The Morgan fingerprint density at radius 2 is 1.65 bits per heavy atom. The zero-order chi connectivity index (χ0) is 18.4. The molecule has 1 aliphatic heterocycles. The molecule has 1 saturated heterocycles. The smallest absolute Gasteiger partial charge is 0.255 e. The number of benzene rings is 2. The molecule has 0 aliphatic carbocycles. The van der Waals surface area contributed by atoms with E-state index in [0.717, 1.165) is 19.3 Å². The van der Waals surface area contributed by atoms with Crippen LogP contribution < -0.4 is 5.32 Å². The average Bonchev–Trinajstić information content (AvgIpc) is 2.68. The molecule has 1 fully saturated rings. The molecule has 2 aromatic carbocycles. The Morgan fingerprint density at radius 1 is 1.00 bits per heavy atom. The number of likely N-dealkylation sites (tertiary alicyclic amines) is 1. The Bertz CT molecular complexity index is 756. The first-order valence-electron chi connectivity index (χ1n) is 9.00. The van der Waals surface area contributed by atoms with Gasteiger partial charge in [0.1, 0.15) is 0 Å². The SMILES string of the molecule is O=C(CCc1ccccc1)NC1CCN(C(=O)c2ccccc2Cl)CC1. The molecule has 26 heavy (non-hydrogen) atoms. The topological polar surface area (TPSA) is 49.4 Å². The molecule has 0 unspecified atom stereocenters. The number of amides is 2. The number of piperidine rings is 1. The van der Waals surface area contributed by atoms with Gasteiger partial charge in [0, 0.05) is 25.6 Å². The van der Waals surface area contributed by atoms with Crippen LogP contribution in [0.25, 0.3) is 0 Å². The molecule has 1 N–H and O–H groups in total. The molecule has 5 heteroatoms. The van der Waals surface area contributed by atoms with Gasteiger partial charge in [-0.25, -0.2) is 0 Å². The molecular weight excluding hydrogens is 348 g/mol. The van der Waals surface area contributed by atoms with E-state index < -0.39 is 0 Å². The summed E-state index contributed by atoms with van der Waals surface area (Å²) in [5.74, 6) is 0.0363. The van der Waals surface area contributed by atoms with Gasteiger partial charge in [-0.2, -0.15) is 0 Å². The second kappa shape index (κ2) is 8.86. The quantitative estimate of drug-likeness (QED) is 0.872. The van der Waals surface area contributed by atoms with Gasteiger partial charge < -0.3 is 10.2 Å². The summed E-state index contributed by atoms with van der Waals surface area (Å²) in [6, 6.07) is 17.3. The van der Waals surface area contributed by atoms with Gasteiger partial charge in [0.05, 0.1) is 10.6 Å². The van der Waals surface area contributed by atoms with Crippen LogP contribution in [0.15, 0.2) is 54.6 Å². The first-order valence-corrected chi connectivity index (χ1v) is 9.38. The summed E-state index contributed by atoms with van der Waals surface area (Å²) in [7, 11) is 0. The monoisotopic (exact) mass is 370 g/mol. The minimum absolute atomic E-state index is 0.0375. The molecule has 0 saturated carbocycles. The summed E-state index contributed by atoms with van der Waals surface area (Å²) in [6.07, 6.45) is 2.78. The summed E-state index contributed by atoms with van der Waals surface area (Å²) in [4.78, 5) is 26.5. The van der Waals surface area contributed by atoms with E-state index >= 15 is 0 Å². The van der Waals surface area contributed by atoms with E-state index in [1.54, 1.807) is 12.1 Å². The van der Waals surface area contributed by atoms with Gasteiger partial charge in [0.2, 0.25) is 5.91 Å². The van der Waals surface area contributed by atoms with Crippen LogP contribution in [-0.4, -0.2) is 35.8 Å². The number of nitrogens with one attached hydrogen (secondary N) is 1. The highest BCUT2D eigenvalue weighted by Gasteiger charge is 2.25. The van der Waals surface area contributed by atoms with Gasteiger partial charge in [-0.15, -0.1) is 0 Å². The third-order valence-electron chi connectivity index (χ3n) is 4.74. The van der Waals surface area contributed by atoms with Crippen molar-refractivity contribution in [3.05, 3.63) is 70.7 Å². The Labute approximate surface area is 159 Å². The fourth-order valence-electron chi connectivity index (χ4n) is 3.23. The molecule has 2 aromatic rings. The number of carbonyl (C=O) groups excluding carboxylic acids is 2. The van der Waals surface area contributed by atoms with Crippen molar-refractivity contribution < 1.29 is 9.59 Å². The molecular formula is C21H23ClN2O2.